The second-order valence-electron chi connectivity index (χ2n) is 5.70. The van der Waals surface area contributed by atoms with Gasteiger partial charge in [0.05, 0.1) is 11.9 Å². The van der Waals surface area contributed by atoms with Crippen LogP contribution in [0.2, 0.25) is 0 Å². The molecular weight excluding hydrogens is 302 g/mol. The van der Waals surface area contributed by atoms with Crippen LogP contribution in [-0.2, 0) is 0 Å². The number of nitrogens with zero attached hydrogens (tertiary/aromatic N) is 3. The number of likely N-dealkylation sites (tertiary alicyclic amines) is 1. The molecule has 1 aromatic rings. The Bertz CT molecular complexity index is 418. The van der Waals surface area contributed by atoms with Crippen molar-refractivity contribution in [3.8, 4) is 0 Å². The molecule has 2 fully saturated rings. The van der Waals surface area contributed by atoms with Gasteiger partial charge in [0.2, 0.25) is 0 Å². The molecule has 3 rings (SSSR count). The van der Waals surface area contributed by atoms with Crippen LogP contribution in [0.5, 0.6) is 0 Å². The van der Waals surface area contributed by atoms with Gasteiger partial charge in [0.15, 0.2) is 0 Å². The summed E-state index contributed by atoms with van der Waals surface area (Å²) in [6.07, 6.45) is 10.6. The van der Waals surface area contributed by atoms with E-state index in [1.807, 2.05) is 12.4 Å². The zero-order chi connectivity index (χ0) is 13.1. The number of hydrogen-bond donors (Lipinski definition) is 0. The van der Waals surface area contributed by atoms with Crippen molar-refractivity contribution in [3.63, 3.8) is 0 Å². The fourth-order valence-corrected chi connectivity index (χ4v) is 3.69. The number of anilines is 1. The van der Waals surface area contributed by atoms with Crippen molar-refractivity contribution in [1.82, 2.24) is 9.88 Å². The minimum absolute atomic E-state index is 0.740. The molecule has 0 spiro atoms. The quantitative estimate of drug-likeness (QED) is 0.832. The first kappa shape index (κ1) is 13.4. The topological polar surface area (TPSA) is 19.4 Å². The molecule has 0 radical (unpaired) electrons. The largest absolute Gasteiger partial charge is 0.369 e. The molecule has 2 saturated heterocycles. The average Bonchev–Trinajstić information content (AvgIpc) is 2.83. The number of aromatic nitrogens is 1. The molecule has 3 nitrogen and oxygen atoms in total. The lowest BCUT2D eigenvalue weighted by Gasteiger charge is -2.31. The highest BCUT2D eigenvalue weighted by Crippen LogP contribution is 2.25. The maximum Gasteiger partial charge on any atom is 0.0564 e. The number of halogens is 1. The normalized spacial score (nSPS) is 25.5. The summed E-state index contributed by atoms with van der Waals surface area (Å²) in [5, 5.41) is 0. The van der Waals surface area contributed by atoms with E-state index in [9.17, 15) is 0 Å². The van der Waals surface area contributed by atoms with Gasteiger partial charge in [-0.05, 0) is 60.8 Å². The van der Waals surface area contributed by atoms with E-state index in [-0.39, 0.29) is 0 Å². The third-order valence-electron chi connectivity index (χ3n) is 4.36. The second kappa shape index (κ2) is 6.23. The van der Waals surface area contributed by atoms with Crippen LogP contribution in [0.25, 0.3) is 0 Å². The van der Waals surface area contributed by atoms with E-state index < -0.39 is 0 Å². The van der Waals surface area contributed by atoms with Crippen LogP contribution < -0.4 is 4.90 Å². The first-order valence-electron chi connectivity index (χ1n) is 7.42. The number of hydrogen-bond acceptors (Lipinski definition) is 3. The Kier molecular flexibility index (Phi) is 4.38. The fraction of sp³-hybridized carbons (Fsp3) is 0.667. The summed E-state index contributed by atoms with van der Waals surface area (Å²) in [5.41, 5.74) is 1.26. The summed E-state index contributed by atoms with van der Waals surface area (Å²) < 4.78 is 1.08. The maximum absolute atomic E-state index is 4.31. The Morgan fingerprint density at radius 1 is 1.05 bits per heavy atom. The molecule has 0 aliphatic carbocycles. The third kappa shape index (κ3) is 3.29. The molecule has 104 valence electrons. The van der Waals surface area contributed by atoms with Crippen molar-refractivity contribution in [3.05, 3.63) is 22.9 Å². The molecule has 0 aromatic carbocycles. The Labute approximate surface area is 124 Å². The Morgan fingerprint density at radius 2 is 1.84 bits per heavy atom. The van der Waals surface area contributed by atoms with Gasteiger partial charge < -0.3 is 4.90 Å². The Hall–Kier alpha value is -0.610. The summed E-state index contributed by atoms with van der Waals surface area (Å²) in [5.74, 6) is 0. The summed E-state index contributed by atoms with van der Waals surface area (Å²) in [6, 6.07) is 2.93. The molecule has 2 aliphatic rings. The SMILES string of the molecule is Brc1cncc(N2CCCCC(N3CCCC3)C2)c1. The molecule has 0 N–H and O–H groups in total. The first-order chi connectivity index (χ1) is 9.33. The molecule has 3 heterocycles. The van der Waals surface area contributed by atoms with Crippen LogP contribution in [0, 0.1) is 0 Å². The summed E-state index contributed by atoms with van der Waals surface area (Å²) in [6.45, 7) is 4.94. The van der Waals surface area contributed by atoms with E-state index >= 15 is 0 Å². The molecule has 0 saturated carbocycles. The van der Waals surface area contributed by atoms with Gasteiger partial charge in [0, 0.05) is 29.8 Å². The van der Waals surface area contributed by atoms with Crippen molar-refractivity contribution < 1.29 is 0 Å². The second-order valence-corrected chi connectivity index (χ2v) is 6.62. The molecule has 2 aliphatic heterocycles. The molecule has 1 aromatic heterocycles. The van der Waals surface area contributed by atoms with Gasteiger partial charge in [0.25, 0.3) is 0 Å². The van der Waals surface area contributed by atoms with E-state index in [4.69, 9.17) is 0 Å². The fourth-order valence-electron chi connectivity index (χ4n) is 3.33. The van der Waals surface area contributed by atoms with E-state index in [2.05, 4.69) is 36.8 Å². The lowest BCUT2D eigenvalue weighted by atomic mass is 10.1. The zero-order valence-corrected chi connectivity index (χ0v) is 13.0. The molecular formula is C15H22BrN3. The van der Waals surface area contributed by atoms with Crippen LogP contribution in [0.3, 0.4) is 0 Å². The molecule has 19 heavy (non-hydrogen) atoms. The van der Waals surface area contributed by atoms with Gasteiger partial charge in [-0.25, -0.2) is 0 Å². The Morgan fingerprint density at radius 3 is 2.63 bits per heavy atom. The van der Waals surface area contributed by atoms with E-state index in [0.29, 0.717) is 0 Å². The molecule has 4 heteroatoms. The van der Waals surface area contributed by atoms with E-state index in [1.165, 1.54) is 57.4 Å². The highest BCUT2D eigenvalue weighted by atomic mass is 79.9. The standard InChI is InChI=1S/C15H22BrN3/c16-13-9-15(11-17-10-13)19-8-2-1-5-14(12-19)18-6-3-4-7-18/h9-11,14H,1-8,12H2. The summed E-state index contributed by atoms with van der Waals surface area (Å²) in [7, 11) is 0. The first-order valence-corrected chi connectivity index (χ1v) is 8.22. The minimum Gasteiger partial charge on any atom is -0.369 e. The van der Waals surface area contributed by atoms with E-state index in [0.717, 1.165) is 17.1 Å². The zero-order valence-electron chi connectivity index (χ0n) is 11.4. The van der Waals surface area contributed by atoms with Crippen molar-refractivity contribution in [2.45, 2.75) is 38.1 Å². The van der Waals surface area contributed by atoms with Gasteiger partial charge in [-0.2, -0.15) is 0 Å². The molecule has 0 amide bonds. The lowest BCUT2D eigenvalue weighted by Crippen LogP contribution is -2.41. The van der Waals surface area contributed by atoms with E-state index in [1.54, 1.807) is 0 Å². The monoisotopic (exact) mass is 323 g/mol. The third-order valence-corrected chi connectivity index (χ3v) is 4.79. The number of pyridine rings is 1. The lowest BCUT2D eigenvalue weighted by molar-refractivity contribution is 0.236. The van der Waals surface area contributed by atoms with Gasteiger partial charge in [-0.1, -0.05) is 6.42 Å². The van der Waals surface area contributed by atoms with Crippen LogP contribution >= 0.6 is 15.9 Å². The maximum atomic E-state index is 4.31. The predicted molar refractivity (Wildman–Crippen MR) is 82.6 cm³/mol. The van der Waals surface area contributed by atoms with Gasteiger partial charge >= 0.3 is 0 Å². The molecule has 1 atom stereocenters. The summed E-state index contributed by atoms with van der Waals surface area (Å²) >= 11 is 3.53. The van der Waals surface area contributed by atoms with Crippen molar-refractivity contribution >= 4 is 21.6 Å². The van der Waals surface area contributed by atoms with Crippen LogP contribution in [-0.4, -0.2) is 42.1 Å². The highest BCUT2D eigenvalue weighted by molar-refractivity contribution is 9.10. The summed E-state index contributed by atoms with van der Waals surface area (Å²) in [4.78, 5) is 9.53. The van der Waals surface area contributed by atoms with Crippen LogP contribution in [0.15, 0.2) is 22.9 Å². The van der Waals surface area contributed by atoms with Gasteiger partial charge in [-0.15, -0.1) is 0 Å². The number of rotatable bonds is 2. The highest BCUT2D eigenvalue weighted by Gasteiger charge is 2.26. The van der Waals surface area contributed by atoms with Crippen molar-refractivity contribution in [1.29, 1.82) is 0 Å². The Balaban J connectivity index is 1.73. The molecule has 1 unspecified atom stereocenters. The minimum atomic E-state index is 0.740. The van der Waals surface area contributed by atoms with Gasteiger partial charge in [-0.3, -0.25) is 9.88 Å². The molecule has 0 bridgehead atoms. The van der Waals surface area contributed by atoms with Crippen molar-refractivity contribution in [2.24, 2.45) is 0 Å². The van der Waals surface area contributed by atoms with Crippen molar-refractivity contribution in [2.75, 3.05) is 31.1 Å². The van der Waals surface area contributed by atoms with Gasteiger partial charge in [0.1, 0.15) is 0 Å². The predicted octanol–water partition coefficient (Wildman–Crippen LogP) is 3.30. The smallest absolute Gasteiger partial charge is 0.0564 e. The van der Waals surface area contributed by atoms with Crippen LogP contribution in [0.1, 0.15) is 32.1 Å². The van der Waals surface area contributed by atoms with Crippen LogP contribution in [0.4, 0.5) is 5.69 Å². The average molecular weight is 324 g/mol.